The van der Waals surface area contributed by atoms with E-state index in [-0.39, 0.29) is 28.8 Å². The fourth-order valence-electron chi connectivity index (χ4n) is 4.64. The van der Waals surface area contributed by atoms with Gasteiger partial charge in [-0.2, -0.15) is 13.5 Å². The number of carbonyl (C=O) groups excluding carboxylic acids is 1. The molecule has 1 aliphatic carbocycles. The minimum Gasteiger partial charge on any atom is -0.475 e. The Morgan fingerprint density at radius 1 is 1.19 bits per heavy atom. The first-order valence-electron chi connectivity index (χ1n) is 14.5. The van der Waals surface area contributed by atoms with Crippen molar-refractivity contribution in [3.8, 4) is 17.0 Å². The van der Waals surface area contributed by atoms with Crippen molar-refractivity contribution in [2.45, 2.75) is 89.2 Å². The Morgan fingerprint density at radius 2 is 1.93 bits per heavy atom. The molecule has 2 N–H and O–H groups in total. The number of ether oxygens (including phenoxy) is 1. The van der Waals surface area contributed by atoms with Crippen molar-refractivity contribution in [3.63, 3.8) is 0 Å². The third kappa shape index (κ3) is 7.54. The van der Waals surface area contributed by atoms with Gasteiger partial charge in [-0.05, 0) is 80.1 Å². The van der Waals surface area contributed by atoms with E-state index in [1.165, 1.54) is 10.7 Å². The average molecular weight is 626 g/mol. The number of aromatic nitrogens is 3. The van der Waals surface area contributed by atoms with Crippen molar-refractivity contribution in [1.82, 2.24) is 19.5 Å². The summed E-state index contributed by atoms with van der Waals surface area (Å²) in [6.45, 7) is 18.9. The highest BCUT2D eigenvalue weighted by Crippen LogP contribution is 2.39. The van der Waals surface area contributed by atoms with Gasteiger partial charge in [-0.25, -0.2) is 14.5 Å². The molecule has 1 aliphatic rings. The first-order chi connectivity index (χ1) is 20.1. The second kappa shape index (κ2) is 12.6. The lowest BCUT2D eigenvalue weighted by molar-refractivity contribution is 0.147. The molecule has 0 spiro atoms. The Morgan fingerprint density at radius 3 is 2.58 bits per heavy atom. The van der Waals surface area contributed by atoms with Crippen LogP contribution < -0.4 is 14.8 Å². The first-order valence-corrected chi connectivity index (χ1v) is 18.9. The predicted molar refractivity (Wildman–Crippen MR) is 171 cm³/mol. The summed E-state index contributed by atoms with van der Waals surface area (Å²) in [6, 6.07) is 8.12. The number of carbonyl (C=O) groups is 1. The Labute approximate surface area is 256 Å². The van der Waals surface area contributed by atoms with Crippen molar-refractivity contribution >= 4 is 30.1 Å². The molecule has 2 heterocycles. The topological polar surface area (TPSA) is 124 Å². The molecule has 2 amide bonds. The zero-order valence-electron chi connectivity index (χ0n) is 26.1. The van der Waals surface area contributed by atoms with Crippen LogP contribution in [0.25, 0.3) is 11.1 Å². The lowest BCUT2D eigenvalue weighted by atomic mass is 9.98. The third-order valence-corrected chi connectivity index (χ3v) is 13.8. The number of fused-ring (bicyclic) bond motifs is 1. The number of rotatable bonds is 11. The normalized spacial score (nSPS) is 14.3. The van der Waals surface area contributed by atoms with E-state index in [1.54, 1.807) is 18.5 Å². The van der Waals surface area contributed by atoms with Crippen molar-refractivity contribution in [1.29, 1.82) is 0 Å². The van der Waals surface area contributed by atoms with Crippen LogP contribution in [0.5, 0.6) is 5.88 Å². The van der Waals surface area contributed by atoms with E-state index in [2.05, 4.69) is 66.6 Å². The van der Waals surface area contributed by atoms with Crippen molar-refractivity contribution < 1.29 is 22.4 Å². The van der Waals surface area contributed by atoms with Crippen molar-refractivity contribution in [3.05, 3.63) is 66.5 Å². The van der Waals surface area contributed by atoms with Gasteiger partial charge in [0.2, 0.25) is 5.88 Å². The van der Waals surface area contributed by atoms with E-state index in [9.17, 15) is 13.2 Å². The van der Waals surface area contributed by atoms with Crippen molar-refractivity contribution in [2.75, 3.05) is 11.9 Å². The van der Waals surface area contributed by atoms with Gasteiger partial charge in [0.25, 0.3) is 10.0 Å². The largest absolute Gasteiger partial charge is 0.475 e. The number of aryl methyl sites for hydroxylation is 1. The summed E-state index contributed by atoms with van der Waals surface area (Å²) in [5, 5.41) is 6.75. The molecule has 10 nitrogen and oxygen atoms in total. The Hall–Kier alpha value is -3.48. The summed E-state index contributed by atoms with van der Waals surface area (Å²) in [6.07, 6.45) is 7.28. The molecular formula is C31H43N5O5SSi. The fourth-order valence-corrected chi connectivity index (χ4v) is 6.76. The van der Waals surface area contributed by atoms with E-state index in [1.807, 2.05) is 32.0 Å². The van der Waals surface area contributed by atoms with Gasteiger partial charge >= 0.3 is 6.03 Å². The van der Waals surface area contributed by atoms with Crippen LogP contribution in [-0.4, -0.2) is 50.2 Å². The number of hydrogen-bond acceptors (Lipinski definition) is 7. The number of benzene rings is 1. The van der Waals surface area contributed by atoms with Crippen LogP contribution in [0.4, 0.5) is 10.5 Å². The number of amides is 2. The van der Waals surface area contributed by atoms with Crippen LogP contribution in [0, 0.1) is 0 Å². The van der Waals surface area contributed by atoms with Gasteiger partial charge < -0.3 is 14.5 Å². The molecule has 2 aromatic heterocycles. The smallest absolute Gasteiger partial charge is 0.333 e. The number of sulfonamides is 1. The predicted octanol–water partition coefficient (Wildman–Crippen LogP) is 6.48. The van der Waals surface area contributed by atoms with Crippen LogP contribution in [0.15, 0.2) is 60.4 Å². The SMILES string of the molecule is C=CC(COc1cc(-c2ccc3c(c2NC(=O)NS(=O)(=O)c2ccn(C(C)C)n2)CCC3)ccn1)O[Si](C)(C)C(C)(C)C. The molecular weight excluding hydrogens is 583 g/mol. The van der Waals surface area contributed by atoms with Crippen LogP contribution in [0.1, 0.15) is 58.2 Å². The molecule has 0 radical (unpaired) electrons. The monoisotopic (exact) mass is 625 g/mol. The second-order valence-electron chi connectivity index (χ2n) is 12.6. The van der Waals surface area contributed by atoms with Gasteiger partial charge in [-0.1, -0.05) is 39.0 Å². The molecule has 0 fully saturated rings. The summed E-state index contributed by atoms with van der Waals surface area (Å²) >= 11 is 0. The van der Waals surface area contributed by atoms with Crippen LogP contribution in [0.3, 0.4) is 0 Å². The number of pyridine rings is 1. The quantitative estimate of drug-likeness (QED) is 0.185. The average Bonchev–Trinajstić information content (AvgIpc) is 3.61. The Kier molecular flexibility index (Phi) is 9.53. The highest BCUT2D eigenvalue weighted by Gasteiger charge is 2.38. The van der Waals surface area contributed by atoms with Gasteiger partial charge in [0.15, 0.2) is 13.3 Å². The van der Waals surface area contributed by atoms with Gasteiger partial charge in [0.05, 0.1) is 11.8 Å². The highest BCUT2D eigenvalue weighted by molar-refractivity contribution is 7.90. The fraction of sp³-hybridized carbons (Fsp3) is 0.452. The molecule has 0 saturated carbocycles. The molecule has 1 atom stereocenters. The van der Waals surface area contributed by atoms with Gasteiger partial charge in [0, 0.05) is 30.1 Å². The summed E-state index contributed by atoms with van der Waals surface area (Å²) in [5.41, 5.74) is 4.19. The second-order valence-corrected chi connectivity index (χ2v) is 19.0. The molecule has 232 valence electrons. The maximum atomic E-state index is 13.1. The zero-order chi connectivity index (χ0) is 31.6. The lowest BCUT2D eigenvalue weighted by Gasteiger charge is -2.38. The Bertz CT molecular complexity index is 1590. The van der Waals surface area contributed by atoms with E-state index >= 15 is 0 Å². The summed E-state index contributed by atoms with van der Waals surface area (Å²) < 4.78 is 41.9. The molecule has 43 heavy (non-hydrogen) atoms. The molecule has 0 saturated heterocycles. The molecule has 1 aromatic carbocycles. The molecule has 0 aliphatic heterocycles. The number of anilines is 1. The highest BCUT2D eigenvalue weighted by atomic mass is 32.2. The lowest BCUT2D eigenvalue weighted by Crippen LogP contribution is -2.44. The summed E-state index contributed by atoms with van der Waals surface area (Å²) in [5.74, 6) is 0.405. The third-order valence-electron chi connectivity index (χ3n) is 8.09. The molecule has 0 bridgehead atoms. The number of nitrogens with one attached hydrogen (secondary N) is 2. The van der Waals surface area contributed by atoms with Crippen LogP contribution >= 0.6 is 0 Å². The van der Waals surface area contributed by atoms with E-state index in [4.69, 9.17) is 9.16 Å². The van der Waals surface area contributed by atoms with E-state index in [0.29, 0.717) is 11.6 Å². The molecule has 3 aromatic rings. The van der Waals surface area contributed by atoms with Crippen LogP contribution in [-0.2, 0) is 27.3 Å². The Balaban J connectivity index is 1.55. The molecule has 4 rings (SSSR count). The molecule has 12 heteroatoms. The minimum absolute atomic E-state index is 0.0196. The zero-order valence-corrected chi connectivity index (χ0v) is 27.9. The summed E-state index contributed by atoms with van der Waals surface area (Å²) in [4.78, 5) is 17.5. The minimum atomic E-state index is -4.17. The first kappa shape index (κ1) is 32.4. The van der Waals surface area contributed by atoms with Gasteiger partial charge in [-0.15, -0.1) is 6.58 Å². The molecule has 1 unspecified atom stereocenters. The number of hydrogen-bond donors (Lipinski definition) is 2. The maximum Gasteiger partial charge on any atom is 0.333 e. The van der Waals surface area contributed by atoms with Crippen LogP contribution in [0.2, 0.25) is 18.1 Å². The summed E-state index contributed by atoms with van der Waals surface area (Å²) in [7, 11) is -6.20. The van der Waals surface area contributed by atoms with Gasteiger partial charge in [-0.3, -0.25) is 4.68 Å². The van der Waals surface area contributed by atoms with E-state index in [0.717, 1.165) is 41.5 Å². The van der Waals surface area contributed by atoms with Gasteiger partial charge in [0.1, 0.15) is 6.61 Å². The van der Waals surface area contributed by atoms with Crippen molar-refractivity contribution in [2.24, 2.45) is 0 Å². The maximum absolute atomic E-state index is 13.1. The van der Waals surface area contributed by atoms with E-state index < -0.39 is 24.4 Å². The number of nitrogens with zero attached hydrogens (tertiary/aromatic N) is 3. The number of urea groups is 1. The standard InChI is InChI=1S/C31H43N5O5SSi/c1-9-24(41-43(7,8)31(4,5)6)20-40-27-19-23(15-17-32-27)26-14-13-22-11-10-12-25(22)29(26)33-30(37)35-42(38,39)28-16-18-36(34-28)21(2)3/h9,13-19,21,24H,1,10-12,20H2,2-8H3,(H2,33,35,37).